The monoisotopic (exact) mass is 399 g/mol. The van der Waals surface area contributed by atoms with Crippen molar-refractivity contribution in [2.75, 3.05) is 5.32 Å². The summed E-state index contributed by atoms with van der Waals surface area (Å²) in [6.07, 6.45) is 0. The molecule has 1 N–H and O–H groups in total. The van der Waals surface area contributed by atoms with Crippen LogP contribution in [0.2, 0.25) is 11.0 Å². The molecule has 0 aliphatic carbocycles. The molecule has 0 fully saturated rings. The Kier molecular flexibility index (Phi) is 8.26. The summed E-state index contributed by atoms with van der Waals surface area (Å²) in [5.74, 6) is 0.846. The summed E-state index contributed by atoms with van der Waals surface area (Å²) in [6, 6.07) is 26.7. The Balaban J connectivity index is 0.000000758. The van der Waals surface area contributed by atoms with E-state index < -0.39 is 0 Å². The van der Waals surface area contributed by atoms with Gasteiger partial charge in [0, 0.05) is 11.3 Å². The molecule has 0 bridgehead atoms. The third kappa shape index (κ3) is 6.58. The van der Waals surface area contributed by atoms with E-state index >= 15 is 0 Å². The molecule has 0 amide bonds. The van der Waals surface area contributed by atoms with Crippen LogP contribution in [0.3, 0.4) is 0 Å². The molecule has 1 radical (unpaired) electrons. The first kappa shape index (κ1) is 20.1. The SMILES string of the molecule is Cc1ccc(N=C(Nc2ccc(C)cc2)c2ccccc2)cc1.[CH3][Ga][CH3]. The summed E-state index contributed by atoms with van der Waals surface area (Å²) < 4.78 is 0. The quantitative estimate of drug-likeness (QED) is 0.312. The fourth-order valence-corrected chi connectivity index (χ4v) is 2.28. The molecule has 0 saturated heterocycles. The maximum atomic E-state index is 4.79. The average Bonchev–Trinajstić information content (AvgIpc) is 2.66. The standard InChI is InChI=1S/C21H20N2.2CH3.Ga/c1-16-8-12-19(13-9-16)22-21(18-6-4-3-5-7-18)23-20-14-10-17(2)11-15-20;;;/h3-15H,1-2H3,(H,22,23);2*1H3;. The van der Waals surface area contributed by atoms with Crippen LogP contribution in [0, 0.1) is 13.8 Å². The Morgan fingerprint density at radius 1 is 0.731 bits per heavy atom. The first-order chi connectivity index (χ1) is 12.6. The van der Waals surface area contributed by atoms with Gasteiger partial charge in [0.15, 0.2) is 0 Å². The number of benzene rings is 3. The van der Waals surface area contributed by atoms with Crippen molar-refractivity contribution < 1.29 is 0 Å². The van der Waals surface area contributed by atoms with E-state index in [1.54, 1.807) is 0 Å². The van der Waals surface area contributed by atoms with Crippen molar-refractivity contribution in [1.82, 2.24) is 0 Å². The Labute approximate surface area is 165 Å². The summed E-state index contributed by atoms with van der Waals surface area (Å²) in [6.45, 7) is 4.17. The molecule has 0 heterocycles. The van der Waals surface area contributed by atoms with Crippen molar-refractivity contribution in [3.8, 4) is 0 Å². The van der Waals surface area contributed by atoms with Gasteiger partial charge in [-0.3, -0.25) is 0 Å². The topological polar surface area (TPSA) is 24.4 Å². The molecule has 131 valence electrons. The van der Waals surface area contributed by atoms with Crippen LogP contribution in [0.1, 0.15) is 16.7 Å². The molecule has 3 aromatic carbocycles. The molecule has 0 saturated carbocycles. The van der Waals surface area contributed by atoms with Gasteiger partial charge in [-0.15, -0.1) is 0 Å². The van der Waals surface area contributed by atoms with E-state index in [9.17, 15) is 0 Å². The third-order valence-electron chi connectivity index (χ3n) is 3.64. The van der Waals surface area contributed by atoms with E-state index in [2.05, 4.69) is 78.7 Å². The van der Waals surface area contributed by atoms with Crippen LogP contribution in [-0.4, -0.2) is 23.2 Å². The number of anilines is 1. The fraction of sp³-hybridized carbons (Fsp3) is 0.174. The zero-order chi connectivity index (χ0) is 18.8. The Morgan fingerprint density at radius 2 is 1.23 bits per heavy atom. The first-order valence-electron chi connectivity index (χ1n) is 8.91. The molecule has 0 atom stereocenters. The summed E-state index contributed by atoms with van der Waals surface area (Å²) in [7, 11) is 0. The number of hydrogen-bond acceptors (Lipinski definition) is 1. The summed E-state index contributed by atoms with van der Waals surface area (Å²) >= 11 is 0.312. The predicted octanol–water partition coefficient (Wildman–Crippen LogP) is 6.28. The number of aryl methyl sites for hydroxylation is 2. The molecular weight excluding hydrogens is 374 g/mol. The number of amidine groups is 1. The molecule has 0 aromatic heterocycles. The summed E-state index contributed by atoms with van der Waals surface area (Å²) in [4.78, 5) is 4.79. The molecule has 0 spiro atoms. The van der Waals surface area contributed by atoms with Gasteiger partial charge in [0.25, 0.3) is 0 Å². The Bertz CT molecular complexity index is 807. The number of rotatable bonds is 3. The fourth-order valence-electron chi connectivity index (χ4n) is 2.28. The average molecular weight is 400 g/mol. The number of nitrogens with zero attached hydrogens (tertiary/aromatic N) is 1. The third-order valence-corrected chi connectivity index (χ3v) is 3.64. The normalized spacial score (nSPS) is 10.5. The molecule has 0 unspecified atom stereocenters. The van der Waals surface area contributed by atoms with Crippen LogP contribution >= 0.6 is 0 Å². The molecule has 0 aliphatic rings. The first-order valence-corrected chi connectivity index (χ1v) is 13.8. The van der Waals surface area contributed by atoms with Crippen molar-refractivity contribution in [2.24, 2.45) is 4.99 Å². The summed E-state index contributed by atoms with van der Waals surface area (Å²) in [5, 5.41) is 3.44. The van der Waals surface area contributed by atoms with E-state index in [0.29, 0.717) is 17.4 Å². The second-order valence-electron chi connectivity index (χ2n) is 6.23. The van der Waals surface area contributed by atoms with Gasteiger partial charge < -0.3 is 5.32 Å². The van der Waals surface area contributed by atoms with Crippen molar-refractivity contribution in [2.45, 2.75) is 24.8 Å². The van der Waals surface area contributed by atoms with Crippen molar-refractivity contribution in [3.63, 3.8) is 0 Å². The number of aliphatic imine (C=N–C) groups is 1. The van der Waals surface area contributed by atoms with Gasteiger partial charge in [0.05, 0.1) is 5.69 Å². The molecule has 3 aromatic rings. The zero-order valence-electron chi connectivity index (χ0n) is 16.0. The van der Waals surface area contributed by atoms with E-state index in [0.717, 1.165) is 22.8 Å². The molecule has 0 aliphatic heterocycles. The van der Waals surface area contributed by atoms with E-state index in [1.165, 1.54) is 11.1 Å². The van der Waals surface area contributed by atoms with Crippen LogP contribution in [0.25, 0.3) is 0 Å². The van der Waals surface area contributed by atoms with E-state index in [4.69, 9.17) is 4.99 Å². The van der Waals surface area contributed by atoms with Gasteiger partial charge in [0.2, 0.25) is 0 Å². The second kappa shape index (κ2) is 10.7. The van der Waals surface area contributed by atoms with Crippen LogP contribution in [0.5, 0.6) is 0 Å². The predicted molar refractivity (Wildman–Crippen MR) is 116 cm³/mol. The maximum absolute atomic E-state index is 4.79. The zero-order valence-corrected chi connectivity index (χ0v) is 18.5. The van der Waals surface area contributed by atoms with Crippen LogP contribution in [0.4, 0.5) is 11.4 Å². The van der Waals surface area contributed by atoms with Crippen LogP contribution < -0.4 is 5.32 Å². The van der Waals surface area contributed by atoms with Crippen LogP contribution in [-0.2, 0) is 0 Å². The van der Waals surface area contributed by atoms with Crippen molar-refractivity contribution in [1.29, 1.82) is 0 Å². The van der Waals surface area contributed by atoms with E-state index in [1.807, 2.05) is 30.3 Å². The van der Waals surface area contributed by atoms with Crippen LogP contribution in [0.15, 0.2) is 83.9 Å². The minimum atomic E-state index is 0.312. The molecular formula is C23H26GaN2. The van der Waals surface area contributed by atoms with Crippen molar-refractivity contribution >= 4 is 34.6 Å². The molecule has 2 nitrogen and oxygen atoms in total. The molecule has 26 heavy (non-hydrogen) atoms. The van der Waals surface area contributed by atoms with Crippen molar-refractivity contribution in [3.05, 3.63) is 95.6 Å². The van der Waals surface area contributed by atoms with Gasteiger partial charge >= 0.3 is 28.4 Å². The van der Waals surface area contributed by atoms with E-state index in [-0.39, 0.29) is 0 Å². The molecule has 3 heteroatoms. The van der Waals surface area contributed by atoms with Gasteiger partial charge in [0.1, 0.15) is 5.84 Å². The van der Waals surface area contributed by atoms with Gasteiger partial charge in [-0.05, 0) is 38.1 Å². The summed E-state index contributed by atoms with van der Waals surface area (Å²) in [5.41, 5.74) is 10.1. The second-order valence-corrected chi connectivity index (χ2v) is 8.65. The Hall–Kier alpha value is -2.23. The number of nitrogens with one attached hydrogen (secondary N) is 1. The van der Waals surface area contributed by atoms with Gasteiger partial charge in [-0.2, -0.15) is 0 Å². The van der Waals surface area contributed by atoms with Gasteiger partial charge in [-0.1, -0.05) is 65.7 Å². The molecule has 3 rings (SSSR count). The minimum absolute atomic E-state index is 0.312. The Morgan fingerprint density at radius 3 is 1.77 bits per heavy atom. The number of hydrogen-bond donors (Lipinski definition) is 1. The van der Waals surface area contributed by atoms with Gasteiger partial charge in [-0.25, -0.2) is 4.99 Å².